The number of rotatable bonds is 1. The molecular formula is C7H5ClFI. The van der Waals surface area contributed by atoms with E-state index in [0.717, 1.165) is 5.56 Å². The lowest BCUT2D eigenvalue weighted by Crippen LogP contribution is -1.80. The van der Waals surface area contributed by atoms with Gasteiger partial charge in [-0.15, -0.1) is 11.6 Å². The Morgan fingerprint density at radius 1 is 1.30 bits per heavy atom. The second-order valence-corrected chi connectivity index (χ2v) is 4.27. The van der Waals surface area contributed by atoms with E-state index in [1.807, 2.05) is 0 Å². The first kappa shape index (κ1) is 8.27. The number of benzene rings is 1. The fourth-order valence-corrected chi connectivity index (χ4v) is 1.17. The third-order valence-corrected chi connectivity index (χ3v) is 2.09. The van der Waals surface area contributed by atoms with Gasteiger partial charge in [0.1, 0.15) is 9.20 Å². The largest absolute Gasteiger partial charge is 0.207 e. The highest BCUT2D eigenvalue weighted by Gasteiger charge is 2.00. The smallest absolute Gasteiger partial charge is 0.123 e. The van der Waals surface area contributed by atoms with E-state index in [2.05, 4.69) is 22.6 Å². The predicted octanol–water partition coefficient (Wildman–Crippen LogP) is 3.50. The van der Waals surface area contributed by atoms with Gasteiger partial charge in [0.05, 0.1) is 0 Å². The van der Waals surface area contributed by atoms with Gasteiger partial charge in [-0.25, -0.2) is 4.39 Å². The maximum absolute atomic E-state index is 12.3. The van der Waals surface area contributed by atoms with Crippen molar-refractivity contribution in [3.05, 3.63) is 35.6 Å². The van der Waals surface area contributed by atoms with Crippen molar-refractivity contribution in [1.29, 1.82) is 0 Å². The Morgan fingerprint density at radius 2 is 1.80 bits per heavy atom. The molecule has 1 unspecified atom stereocenters. The molecule has 0 heterocycles. The summed E-state index contributed by atoms with van der Waals surface area (Å²) in [4.78, 5) is 0. The fraction of sp³-hybridized carbons (Fsp3) is 0.143. The van der Waals surface area contributed by atoms with Gasteiger partial charge >= 0.3 is 0 Å². The lowest BCUT2D eigenvalue weighted by molar-refractivity contribution is 0.627. The molecule has 10 heavy (non-hydrogen) atoms. The molecule has 54 valence electrons. The topological polar surface area (TPSA) is 0 Å². The third-order valence-electron chi connectivity index (χ3n) is 1.12. The van der Waals surface area contributed by atoms with Gasteiger partial charge in [-0.3, -0.25) is 0 Å². The van der Waals surface area contributed by atoms with E-state index in [9.17, 15) is 4.39 Å². The van der Waals surface area contributed by atoms with Gasteiger partial charge in [0.2, 0.25) is 0 Å². The zero-order valence-electron chi connectivity index (χ0n) is 5.02. The van der Waals surface area contributed by atoms with Gasteiger partial charge in [-0.2, -0.15) is 0 Å². The summed E-state index contributed by atoms with van der Waals surface area (Å²) in [6, 6.07) is 6.17. The summed E-state index contributed by atoms with van der Waals surface area (Å²) in [6.45, 7) is 0. The SMILES string of the molecule is Fc1ccc(C(Cl)I)cc1. The molecule has 0 bridgehead atoms. The highest BCUT2D eigenvalue weighted by atomic mass is 127. The molecule has 0 N–H and O–H groups in total. The van der Waals surface area contributed by atoms with Crippen LogP contribution in [0.4, 0.5) is 4.39 Å². The van der Waals surface area contributed by atoms with Gasteiger partial charge in [0.15, 0.2) is 0 Å². The zero-order valence-corrected chi connectivity index (χ0v) is 7.93. The van der Waals surface area contributed by atoms with Crippen LogP contribution < -0.4 is 0 Å². The average molecular weight is 270 g/mol. The minimum absolute atomic E-state index is 0.0711. The highest BCUT2D eigenvalue weighted by Crippen LogP contribution is 2.26. The van der Waals surface area contributed by atoms with Crippen molar-refractivity contribution in [1.82, 2.24) is 0 Å². The lowest BCUT2D eigenvalue weighted by atomic mass is 10.2. The van der Waals surface area contributed by atoms with Gasteiger partial charge in [-0.1, -0.05) is 34.7 Å². The van der Waals surface area contributed by atoms with Gasteiger partial charge in [-0.05, 0) is 17.7 Å². The van der Waals surface area contributed by atoms with Crippen molar-refractivity contribution in [3.63, 3.8) is 0 Å². The van der Waals surface area contributed by atoms with E-state index in [0.29, 0.717) is 0 Å². The molecule has 0 aliphatic carbocycles. The second-order valence-electron chi connectivity index (χ2n) is 1.85. The summed E-state index contributed by atoms with van der Waals surface area (Å²) in [5.41, 5.74) is 0.934. The van der Waals surface area contributed by atoms with Crippen LogP contribution in [0.15, 0.2) is 24.3 Å². The van der Waals surface area contributed by atoms with Crippen molar-refractivity contribution >= 4 is 34.2 Å². The summed E-state index contributed by atoms with van der Waals surface area (Å²) in [5.74, 6) is -0.225. The van der Waals surface area contributed by atoms with Crippen LogP contribution in [0.1, 0.15) is 8.95 Å². The minimum atomic E-state index is -0.225. The maximum atomic E-state index is 12.3. The van der Waals surface area contributed by atoms with E-state index in [1.54, 1.807) is 12.1 Å². The molecule has 3 heteroatoms. The van der Waals surface area contributed by atoms with Crippen LogP contribution in [0.3, 0.4) is 0 Å². The first-order valence-corrected chi connectivity index (χ1v) is 4.42. The molecule has 0 saturated carbocycles. The Balaban J connectivity index is 2.89. The van der Waals surface area contributed by atoms with Crippen LogP contribution >= 0.6 is 34.2 Å². The summed E-state index contributed by atoms with van der Waals surface area (Å²) in [7, 11) is 0. The molecule has 1 aromatic carbocycles. The molecule has 0 nitrogen and oxygen atoms in total. The highest BCUT2D eigenvalue weighted by molar-refractivity contribution is 14.1. The summed E-state index contributed by atoms with van der Waals surface area (Å²) >= 11 is 7.78. The van der Waals surface area contributed by atoms with E-state index in [4.69, 9.17) is 11.6 Å². The summed E-state index contributed by atoms with van der Waals surface area (Å²) in [5, 5.41) is 0. The zero-order chi connectivity index (χ0) is 7.56. The standard InChI is InChI=1S/C7H5ClFI/c8-7(10)5-1-3-6(9)4-2-5/h1-4,7H. The molecule has 0 fully saturated rings. The van der Waals surface area contributed by atoms with Gasteiger partial charge < -0.3 is 0 Å². The van der Waals surface area contributed by atoms with Crippen LogP contribution in [0, 0.1) is 5.82 Å². The van der Waals surface area contributed by atoms with Crippen molar-refractivity contribution in [3.8, 4) is 0 Å². The minimum Gasteiger partial charge on any atom is -0.207 e. The predicted molar refractivity (Wildman–Crippen MR) is 49.0 cm³/mol. The molecule has 1 atom stereocenters. The van der Waals surface area contributed by atoms with Crippen LogP contribution in [-0.4, -0.2) is 0 Å². The van der Waals surface area contributed by atoms with Gasteiger partial charge in [0.25, 0.3) is 0 Å². The Hall–Kier alpha value is 0.170. The monoisotopic (exact) mass is 270 g/mol. The second kappa shape index (κ2) is 3.53. The van der Waals surface area contributed by atoms with E-state index < -0.39 is 0 Å². The van der Waals surface area contributed by atoms with Crippen LogP contribution in [-0.2, 0) is 0 Å². The molecule has 0 radical (unpaired) electrons. The normalized spacial score (nSPS) is 13.1. The van der Waals surface area contributed by atoms with Crippen molar-refractivity contribution < 1.29 is 4.39 Å². The van der Waals surface area contributed by atoms with E-state index in [-0.39, 0.29) is 9.20 Å². The fourth-order valence-electron chi connectivity index (χ4n) is 0.608. The van der Waals surface area contributed by atoms with Crippen LogP contribution in [0.25, 0.3) is 0 Å². The van der Waals surface area contributed by atoms with Crippen molar-refractivity contribution in [2.45, 2.75) is 3.38 Å². The van der Waals surface area contributed by atoms with Crippen molar-refractivity contribution in [2.75, 3.05) is 0 Å². The van der Waals surface area contributed by atoms with Gasteiger partial charge in [0, 0.05) is 0 Å². The number of hydrogen-bond donors (Lipinski definition) is 0. The van der Waals surface area contributed by atoms with Crippen molar-refractivity contribution in [2.24, 2.45) is 0 Å². The number of alkyl halides is 2. The van der Waals surface area contributed by atoms with E-state index in [1.165, 1.54) is 12.1 Å². The molecule has 0 saturated heterocycles. The Bertz CT molecular complexity index is 207. The molecule has 0 aliphatic rings. The molecule has 0 aliphatic heterocycles. The Kier molecular flexibility index (Phi) is 2.92. The number of hydrogen-bond acceptors (Lipinski definition) is 0. The molecule has 1 aromatic rings. The molecular weight excluding hydrogens is 265 g/mol. The van der Waals surface area contributed by atoms with E-state index >= 15 is 0 Å². The molecule has 1 rings (SSSR count). The molecule has 0 spiro atoms. The average Bonchev–Trinajstić information content (AvgIpc) is 1.88. The summed E-state index contributed by atoms with van der Waals surface area (Å²) in [6.07, 6.45) is 0. The van der Waals surface area contributed by atoms with Crippen LogP contribution in [0.5, 0.6) is 0 Å². The first-order chi connectivity index (χ1) is 4.70. The quantitative estimate of drug-likeness (QED) is 0.541. The maximum Gasteiger partial charge on any atom is 0.123 e. The number of halogens is 3. The third kappa shape index (κ3) is 2.09. The first-order valence-electron chi connectivity index (χ1n) is 2.74. The van der Waals surface area contributed by atoms with Crippen LogP contribution in [0.2, 0.25) is 0 Å². The lowest BCUT2D eigenvalue weighted by Gasteiger charge is -1.98. The Morgan fingerprint density at radius 3 is 2.20 bits per heavy atom. The molecule has 0 aromatic heterocycles. The molecule has 0 amide bonds. The Labute approximate surface area is 77.5 Å². The summed E-state index contributed by atoms with van der Waals surface area (Å²) < 4.78 is 12.2.